The highest BCUT2D eigenvalue weighted by atomic mass is 16.7. The van der Waals surface area contributed by atoms with Crippen LogP contribution in [0.15, 0.2) is 30.3 Å². The van der Waals surface area contributed by atoms with Gasteiger partial charge in [0.2, 0.25) is 6.79 Å². The van der Waals surface area contributed by atoms with E-state index in [4.69, 9.17) is 19.4 Å². The van der Waals surface area contributed by atoms with Gasteiger partial charge in [-0.3, -0.25) is 5.10 Å². The fourth-order valence-electron chi connectivity index (χ4n) is 2.94. The van der Waals surface area contributed by atoms with Gasteiger partial charge in [-0.2, -0.15) is 5.10 Å². The van der Waals surface area contributed by atoms with E-state index in [0.717, 1.165) is 35.9 Å². The minimum absolute atomic E-state index is 0.234. The number of nitrogens with one attached hydrogen (secondary N) is 2. The molecule has 1 aliphatic rings. The van der Waals surface area contributed by atoms with Gasteiger partial charge in [-0.25, -0.2) is 9.97 Å². The van der Waals surface area contributed by atoms with Crippen LogP contribution >= 0.6 is 0 Å². The third-order valence-electron chi connectivity index (χ3n) is 4.58. The lowest BCUT2D eigenvalue weighted by Gasteiger charge is -2.21. The Morgan fingerprint density at radius 2 is 1.83 bits per heavy atom. The quantitative estimate of drug-likeness (QED) is 0.631. The van der Waals surface area contributed by atoms with Crippen LogP contribution in [0, 0.1) is 6.92 Å². The van der Waals surface area contributed by atoms with Crippen molar-refractivity contribution >= 4 is 17.5 Å². The van der Waals surface area contributed by atoms with Gasteiger partial charge < -0.3 is 24.6 Å². The second kappa shape index (κ2) is 7.96. The molecule has 0 bridgehead atoms. The highest BCUT2D eigenvalue weighted by molar-refractivity contribution is 5.67. The number of H-pyrrole nitrogens is 1. The summed E-state index contributed by atoms with van der Waals surface area (Å²) in [5, 5.41) is 10.4. The Bertz CT molecular complexity index is 1000. The summed E-state index contributed by atoms with van der Waals surface area (Å²) in [5.74, 6) is 4.25. The second-order valence-electron chi connectivity index (χ2n) is 7.29. The number of aromatic nitrogens is 4. The van der Waals surface area contributed by atoms with Crippen molar-refractivity contribution in [3.05, 3.63) is 36.0 Å². The van der Waals surface area contributed by atoms with Gasteiger partial charge in [-0.1, -0.05) is 0 Å². The molecule has 0 unspecified atom stereocenters. The molecule has 0 saturated carbocycles. The number of nitrogens with zero attached hydrogens (tertiary/aromatic N) is 5. The number of aromatic amines is 1. The SMILES string of the molecule is Cc1cc(Nc2cc(N(C)CCN(C)C)nc(-c3ccc4c(c3)OCO4)n2)n[nH]1. The molecular formula is C20H25N7O2. The maximum atomic E-state index is 5.51. The van der Waals surface area contributed by atoms with Gasteiger partial charge in [0.1, 0.15) is 11.6 Å². The van der Waals surface area contributed by atoms with Crippen LogP contribution in [0.5, 0.6) is 11.5 Å². The fourth-order valence-corrected chi connectivity index (χ4v) is 2.94. The standard InChI is InChI=1S/C20H25N7O2/c1-13-9-18(25-24-13)21-17-11-19(27(4)8-7-26(2)3)23-20(22-17)14-5-6-15-16(10-14)29-12-28-15/h5-6,9-11H,7-8,12H2,1-4H3,(H2,21,22,23,24,25). The predicted octanol–water partition coefficient (Wildman–Crippen LogP) is 2.65. The number of hydrogen-bond donors (Lipinski definition) is 2. The number of likely N-dealkylation sites (N-methyl/N-ethyl adjacent to an activating group) is 2. The molecule has 0 fully saturated rings. The Balaban J connectivity index is 1.69. The first-order valence-corrected chi connectivity index (χ1v) is 9.42. The Labute approximate surface area is 169 Å². The molecule has 1 aliphatic heterocycles. The maximum absolute atomic E-state index is 5.51. The van der Waals surface area contributed by atoms with E-state index in [1.807, 2.05) is 44.3 Å². The van der Waals surface area contributed by atoms with Crippen LogP contribution in [0.1, 0.15) is 5.69 Å². The first-order valence-electron chi connectivity index (χ1n) is 9.42. The van der Waals surface area contributed by atoms with Crippen LogP contribution in [-0.2, 0) is 0 Å². The number of ether oxygens (including phenoxy) is 2. The zero-order valence-electron chi connectivity index (χ0n) is 17.1. The van der Waals surface area contributed by atoms with Crippen LogP contribution in [0.3, 0.4) is 0 Å². The van der Waals surface area contributed by atoms with Crippen molar-refractivity contribution in [1.82, 2.24) is 25.1 Å². The summed E-state index contributed by atoms with van der Waals surface area (Å²) in [6.07, 6.45) is 0. The summed E-state index contributed by atoms with van der Waals surface area (Å²) in [6, 6.07) is 9.58. The highest BCUT2D eigenvalue weighted by Crippen LogP contribution is 2.35. The Kier molecular flexibility index (Phi) is 5.22. The first kappa shape index (κ1) is 19.0. The van der Waals surface area contributed by atoms with Crippen molar-refractivity contribution in [2.45, 2.75) is 6.92 Å². The maximum Gasteiger partial charge on any atom is 0.231 e. The van der Waals surface area contributed by atoms with Gasteiger partial charge in [0.05, 0.1) is 0 Å². The highest BCUT2D eigenvalue weighted by Gasteiger charge is 2.17. The van der Waals surface area contributed by atoms with Gasteiger partial charge in [-0.05, 0) is 39.2 Å². The molecule has 9 heteroatoms. The van der Waals surface area contributed by atoms with E-state index in [1.165, 1.54) is 0 Å². The minimum atomic E-state index is 0.234. The average Bonchev–Trinajstić information content (AvgIpc) is 3.33. The van der Waals surface area contributed by atoms with Gasteiger partial charge in [0, 0.05) is 43.5 Å². The number of anilines is 3. The number of benzene rings is 1. The molecule has 1 aromatic carbocycles. The number of hydrogen-bond acceptors (Lipinski definition) is 8. The van der Waals surface area contributed by atoms with Crippen molar-refractivity contribution < 1.29 is 9.47 Å². The monoisotopic (exact) mass is 395 g/mol. The van der Waals surface area contributed by atoms with Crippen LogP contribution in [0.4, 0.5) is 17.5 Å². The average molecular weight is 395 g/mol. The Morgan fingerprint density at radius 3 is 2.59 bits per heavy atom. The molecule has 3 aromatic rings. The fraction of sp³-hybridized carbons (Fsp3) is 0.350. The molecular weight excluding hydrogens is 370 g/mol. The summed E-state index contributed by atoms with van der Waals surface area (Å²) in [4.78, 5) is 13.7. The van der Waals surface area contributed by atoms with E-state index < -0.39 is 0 Å². The van der Waals surface area contributed by atoms with Crippen molar-refractivity contribution in [3.63, 3.8) is 0 Å². The second-order valence-corrected chi connectivity index (χ2v) is 7.29. The van der Waals surface area contributed by atoms with Gasteiger partial charge in [0.15, 0.2) is 23.1 Å². The predicted molar refractivity (Wildman–Crippen MR) is 112 cm³/mol. The summed E-state index contributed by atoms with van der Waals surface area (Å²) >= 11 is 0. The Morgan fingerprint density at radius 1 is 1.00 bits per heavy atom. The molecule has 3 heterocycles. The third kappa shape index (κ3) is 4.40. The molecule has 0 atom stereocenters. The number of rotatable bonds is 7. The summed E-state index contributed by atoms with van der Waals surface area (Å²) in [7, 11) is 6.13. The largest absolute Gasteiger partial charge is 0.454 e. The number of fused-ring (bicyclic) bond motifs is 1. The van der Waals surface area contributed by atoms with E-state index in [1.54, 1.807) is 0 Å². The van der Waals surface area contributed by atoms with Crippen LogP contribution in [-0.4, -0.2) is 66.1 Å². The molecule has 2 N–H and O–H groups in total. The van der Waals surface area contributed by atoms with E-state index in [2.05, 4.69) is 39.4 Å². The molecule has 29 heavy (non-hydrogen) atoms. The van der Waals surface area contributed by atoms with Crippen molar-refractivity contribution in [1.29, 1.82) is 0 Å². The lowest BCUT2D eigenvalue weighted by Crippen LogP contribution is -2.29. The number of aryl methyl sites for hydroxylation is 1. The summed E-state index contributed by atoms with van der Waals surface area (Å²) < 4.78 is 10.9. The molecule has 2 aromatic heterocycles. The van der Waals surface area contributed by atoms with Crippen molar-refractivity contribution in [2.75, 3.05) is 51.2 Å². The first-order chi connectivity index (χ1) is 14.0. The van der Waals surface area contributed by atoms with Gasteiger partial charge in [-0.15, -0.1) is 0 Å². The van der Waals surface area contributed by atoms with E-state index >= 15 is 0 Å². The zero-order chi connectivity index (χ0) is 20.4. The van der Waals surface area contributed by atoms with Gasteiger partial charge in [0.25, 0.3) is 0 Å². The molecule has 0 aliphatic carbocycles. The molecule has 0 amide bonds. The van der Waals surface area contributed by atoms with Crippen molar-refractivity contribution in [3.8, 4) is 22.9 Å². The topological polar surface area (TPSA) is 91.4 Å². The molecule has 152 valence electrons. The van der Waals surface area contributed by atoms with Gasteiger partial charge >= 0.3 is 0 Å². The summed E-state index contributed by atoms with van der Waals surface area (Å²) in [5.41, 5.74) is 1.83. The smallest absolute Gasteiger partial charge is 0.231 e. The van der Waals surface area contributed by atoms with E-state index in [0.29, 0.717) is 23.2 Å². The molecule has 0 saturated heterocycles. The third-order valence-corrected chi connectivity index (χ3v) is 4.58. The minimum Gasteiger partial charge on any atom is -0.454 e. The van der Waals surface area contributed by atoms with Crippen LogP contribution < -0.4 is 19.7 Å². The lowest BCUT2D eigenvalue weighted by atomic mass is 10.2. The molecule has 0 spiro atoms. The molecule has 0 radical (unpaired) electrons. The molecule has 4 rings (SSSR count). The van der Waals surface area contributed by atoms with Crippen LogP contribution in [0.2, 0.25) is 0 Å². The van der Waals surface area contributed by atoms with E-state index in [-0.39, 0.29) is 6.79 Å². The van der Waals surface area contributed by atoms with Crippen molar-refractivity contribution in [2.24, 2.45) is 0 Å². The van der Waals surface area contributed by atoms with E-state index in [9.17, 15) is 0 Å². The molecule has 9 nitrogen and oxygen atoms in total. The van der Waals surface area contributed by atoms with Crippen LogP contribution in [0.25, 0.3) is 11.4 Å². The lowest BCUT2D eigenvalue weighted by molar-refractivity contribution is 0.174. The zero-order valence-corrected chi connectivity index (χ0v) is 17.1. The normalized spacial score (nSPS) is 12.4. The summed E-state index contributed by atoms with van der Waals surface area (Å²) in [6.45, 7) is 3.95. The Hall–Kier alpha value is -3.33.